The Balaban J connectivity index is 2.33. The number of aryl methyl sites for hydroxylation is 2. The SMILES string of the molecule is CCNC1(c2nc(CC)c(C)s2)CCCN(C)C1. The second-order valence-electron chi connectivity index (χ2n) is 5.33. The third-order valence-corrected chi connectivity index (χ3v) is 5.05. The Hall–Kier alpha value is -0.450. The maximum absolute atomic E-state index is 4.91. The minimum Gasteiger partial charge on any atom is -0.305 e. The second kappa shape index (κ2) is 5.68. The number of nitrogens with one attached hydrogen (secondary N) is 1. The lowest BCUT2D eigenvalue weighted by Gasteiger charge is -2.40. The fraction of sp³-hybridized carbons (Fsp3) is 0.786. The molecule has 18 heavy (non-hydrogen) atoms. The largest absolute Gasteiger partial charge is 0.305 e. The molecule has 1 N–H and O–H groups in total. The number of rotatable bonds is 4. The van der Waals surface area contributed by atoms with E-state index in [0.29, 0.717) is 0 Å². The normalized spacial score (nSPS) is 25.6. The van der Waals surface area contributed by atoms with Crippen molar-refractivity contribution in [3.8, 4) is 0 Å². The van der Waals surface area contributed by atoms with Gasteiger partial charge >= 0.3 is 0 Å². The molecule has 4 heteroatoms. The summed E-state index contributed by atoms with van der Waals surface area (Å²) in [6.45, 7) is 9.88. The molecule has 1 aliphatic rings. The van der Waals surface area contributed by atoms with Crippen LogP contribution in [0.5, 0.6) is 0 Å². The van der Waals surface area contributed by atoms with Gasteiger partial charge in [0.2, 0.25) is 0 Å². The van der Waals surface area contributed by atoms with Crippen LogP contribution in [0.3, 0.4) is 0 Å². The highest BCUT2D eigenvalue weighted by Gasteiger charge is 2.38. The van der Waals surface area contributed by atoms with Gasteiger partial charge in [0.25, 0.3) is 0 Å². The van der Waals surface area contributed by atoms with E-state index in [0.717, 1.165) is 19.5 Å². The van der Waals surface area contributed by atoms with Gasteiger partial charge in [0, 0.05) is 11.4 Å². The summed E-state index contributed by atoms with van der Waals surface area (Å²) in [5, 5.41) is 5.01. The summed E-state index contributed by atoms with van der Waals surface area (Å²) in [6.07, 6.45) is 3.51. The summed E-state index contributed by atoms with van der Waals surface area (Å²) in [4.78, 5) is 8.72. The zero-order valence-corrected chi connectivity index (χ0v) is 12.9. The molecule has 0 saturated carbocycles. The van der Waals surface area contributed by atoms with Gasteiger partial charge in [0.15, 0.2) is 0 Å². The van der Waals surface area contributed by atoms with E-state index in [1.807, 2.05) is 11.3 Å². The van der Waals surface area contributed by atoms with Crippen LogP contribution < -0.4 is 5.32 Å². The monoisotopic (exact) mass is 267 g/mol. The number of likely N-dealkylation sites (N-methyl/N-ethyl adjacent to an activating group) is 2. The van der Waals surface area contributed by atoms with Gasteiger partial charge in [-0.2, -0.15) is 0 Å². The summed E-state index contributed by atoms with van der Waals surface area (Å²) in [7, 11) is 2.21. The van der Waals surface area contributed by atoms with Crippen LogP contribution in [0, 0.1) is 6.92 Å². The van der Waals surface area contributed by atoms with Gasteiger partial charge in [-0.3, -0.25) is 0 Å². The van der Waals surface area contributed by atoms with Crippen LogP contribution in [0.25, 0.3) is 0 Å². The average molecular weight is 267 g/mol. The first kappa shape index (κ1) is 14.0. The van der Waals surface area contributed by atoms with Gasteiger partial charge in [-0.05, 0) is 46.3 Å². The van der Waals surface area contributed by atoms with E-state index in [1.54, 1.807) is 0 Å². The lowest BCUT2D eigenvalue weighted by atomic mass is 9.89. The van der Waals surface area contributed by atoms with Crippen molar-refractivity contribution in [1.82, 2.24) is 15.2 Å². The maximum atomic E-state index is 4.91. The van der Waals surface area contributed by atoms with Gasteiger partial charge < -0.3 is 10.2 Å². The molecule has 0 aromatic carbocycles. The standard InChI is InChI=1S/C14H25N3S/c1-5-12-11(3)18-13(16-12)14(15-6-2)8-7-9-17(4)10-14/h15H,5-10H2,1-4H3. The first-order chi connectivity index (χ1) is 8.61. The molecule has 0 radical (unpaired) electrons. The number of aromatic nitrogens is 1. The van der Waals surface area contributed by atoms with Gasteiger partial charge in [0.05, 0.1) is 11.2 Å². The molecule has 3 nitrogen and oxygen atoms in total. The molecule has 1 aromatic heterocycles. The quantitative estimate of drug-likeness (QED) is 0.908. The average Bonchev–Trinajstić information content (AvgIpc) is 2.71. The molecular formula is C14H25N3S. The Morgan fingerprint density at radius 1 is 1.44 bits per heavy atom. The summed E-state index contributed by atoms with van der Waals surface area (Å²) in [5.74, 6) is 0. The summed E-state index contributed by atoms with van der Waals surface area (Å²) in [6, 6.07) is 0. The van der Waals surface area contributed by atoms with Gasteiger partial charge in [0.1, 0.15) is 5.01 Å². The predicted octanol–water partition coefficient (Wildman–Crippen LogP) is 2.54. The molecule has 0 spiro atoms. The van der Waals surface area contributed by atoms with Crippen LogP contribution in [-0.4, -0.2) is 36.6 Å². The van der Waals surface area contributed by atoms with Gasteiger partial charge in [-0.1, -0.05) is 13.8 Å². The fourth-order valence-electron chi connectivity index (χ4n) is 2.96. The molecule has 1 fully saturated rings. The second-order valence-corrected chi connectivity index (χ2v) is 6.53. The number of piperidine rings is 1. The highest BCUT2D eigenvalue weighted by atomic mass is 32.1. The van der Waals surface area contributed by atoms with Crippen molar-refractivity contribution < 1.29 is 0 Å². The number of hydrogen-bond acceptors (Lipinski definition) is 4. The molecule has 2 rings (SSSR count). The van der Waals surface area contributed by atoms with Crippen molar-refractivity contribution >= 4 is 11.3 Å². The molecule has 0 amide bonds. The molecule has 1 aliphatic heterocycles. The third-order valence-electron chi connectivity index (χ3n) is 3.84. The molecule has 2 heterocycles. The van der Waals surface area contributed by atoms with Crippen LogP contribution in [0.1, 0.15) is 42.3 Å². The minimum absolute atomic E-state index is 0.0879. The Labute approximate surface area is 115 Å². The van der Waals surface area contributed by atoms with Crippen molar-refractivity contribution in [2.45, 2.75) is 45.6 Å². The Bertz CT molecular complexity index is 398. The van der Waals surface area contributed by atoms with Crippen LogP contribution >= 0.6 is 11.3 Å². The number of thiazole rings is 1. The van der Waals surface area contributed by atoms with Gasteiger partial charge in [-0.25, -0.2) is 4.98 Å². The highest BCUT2D eigenvalue weighted by molar-refractivity contribution is 7.11. The van der Waals surface area contributed by atoms with Crippen LogP contribution in [-0.2, 0) is 12.0 Å². The van der Waals surface area contributed by atoms with Crippen LogP contribution in [0.2, 0.25) is 0 Å². The first-order valence-electron chi connectivity index (χ1n) is 7.01. The van der Waals surface area contributed by atoms with E-state index in [1.165, 1.54) is 35.0 Å². The summed E-state index contributed by atoms with van der Waals surface area (Å²) >= 11 is 1.89. The van der Waals surface area contributed by atoms with Crippen molar-refractivity contribution in [2.75, 3.05) is 26.7 Å². The summed E-state index contributed by atoms with van der Waals surface area (Å²) in [5.41, 5.74) is 1.37. The molecule has 0 bridgehead atoms. The van der Waals surface area contributed by atoms with Gasteiger partial charge in [-0.15, -0.1) is 11.3 Å². The van der Waals surface area contributed by atoms with Crippen molar-refractivity contribution in [3.63, 3.8) is 0 Å². The molecule has 1 atom stereocenters. The fourth-order valence-corrected chi connectivity index (χ4v) is 4.15. The number of likely N-dealkylation sites (tertiary alicyclic amines) is 1. The van der Waals surface area contributed by atoms with E-state index in [-0.39, 0.29) is 5.54 Å². The Morgan fingerprint density at radius 3 is 2.78 bits per heavy atom. The number of nitrogens with zero attached hydrogens (tertiary/aromatic N) is 2. The lowest BCUT2D eigenvalue weighted by molar-refractivity contribution is 0.145. The predicted molar refractivity (Wildman–Crippen MR) is 78.3 cm³/mol. The lowest BCUT2D eigenvalue weighted by Crippen LogP contribution is -2.53. The molecule has 1 saturated heterocycles. The molecule has 102 valence electrons. The van der Waals surface area contributed by atoms with E-state index >= 15 is 0 Å². The maximum Gasteiger partial charge on any atom is 0.115 e. The summed E-state index contributed by atoms with van der Waals surface area (Å²) < 4.78 is 0. The smallest absolute Gasteiger partial charge is 0.115 e. The van der Waals surface area contributed by atoms with E-state index in [9.17, 15) is 0 Å². The van der Waals surface area contributed by atoms with E-state index in [4.69, 9.17) is 4.98 Å². The zero-order valence-electron chi connectivity index (χ0n) is 12.0. The van der Waals surface area contributed by atoms with E-state index < -0.39 is 0 Å². The Morgan fingerprint density at radius 2 is 2.22 bits per heavy atom. The zero-order chi connectivity index (χ0) is 13.2. The van der Waals surface area contributed by atoms with Crippen LogP contribution in [0.15, 0.2) is 0 Å². The Kier molecular flexibility index (Phi) is 4.41. The number of hydrogen-bond donors (Lipinski definition) is 1. The molecular weight excluding hydrogens is 242 g/mol. The van der Waals surface area contributed by atoms with E-state index in [2.05, 4.69) is 38.0 Å². The topological polar surface area (TPSA) is 28.2 Å². The first-order valence-corrected chi connectivity index (χ1v) is 7.83. The van der Waals surface area contributed by atoms with Crippen molar-refractivity contribution in [2.24, 2.45) is 0 Å². The van der Waals surface area contributed by atoms with Crippen LogP contribution in [0.4, 0.5) is 0 Å². The third kappa shape index (κ3) is 2.60. The van der Waals surface area contributed by atoms with Crippen molar-refractivity contribution in [1.29, 1.82) is 0 Å². The minimum atomic E-state index is 0.0879. The molecule has 0 aliphatic carbocycles. The van der Waals surface area contributed by atoms with Crippen molar-refractivity contribution in [3.05, 3.63) is 15.6 Å². The highest BCUT2D eigenvalue weighted by Crippen LogP contribution is 2.35. The molecule has 1 aromatic rings. The molecule has 1 unspecified atom stereocenters.